The number of hydrogen-bond donors (Lipinski definition) is 1. The highest BCUT2D eigenvalue weighted by molar-refractivity contribution is 5.13. The number of nitrogens with two attached hydrogens (primary N) is 1. The van der Waals surface area contributed by atoms with Gasteiger partial charge in [0.2, 0.25) is 0 Å². The van der Waals surface area contributed by atoms with Crippen LogP contribution < -0.4 is 5.73 Å². The van der Waals surface area contributed by atoms with E-state index in [4.69, 9.17) is 5.73 Å². The van der Waals surface area contributed by atoms with Gasteiger partial charge in [0.1, 0.15) is 0 Å². The molecule has 1 aliphatic rings. The topological polar surface area (TPSA) is 42.1 Å². The summed E-state index contributed by atoms with van der Waals surface area (Å²) >= 11 is 0. The van der Waals surface area contributed by atoms with Gasteiger partial charge in [-0.2, -0.15) is 0 Å². The number of pyridine rings is 1. The van der Waals surface area contributed by atoms with Gasteiger partial charge in [-0.3, -0.25) is 9.88 Å². The van der Waals surface area contributed by atoms with Crippen molar-refractivity contribution in [1.29, 1.82) is 0 Å². The maximum atomic E-state index is 5.91. The molecule has 100 valence electrons. The number of aromatic nitrogens is 1. The molecule has 2 N–H and O–H groups in total. The summed E-state index contributed by atoms with van der Waals surface area (Å²) in [6.07, 6.45) is 7.26. The van der Waals surface area contributed by atoms with Crippen LogP contribution in [0, 0.1) is 12.8 Å². The smallest absolute Gasteiger partial charge is 0.0372 e. The number of rotatable bonds is 4. The van der Waals surface area contributed by atoms with Gasteiger partial charge in [-0.1, -0.05) is 18.9 Å². The second kappa shape index (κ2) is 6.30. The van der Waals surface area contributed by atoms with Crippen LogP contribution >= 0.6 is 0 Å². The molecule has 3 heteroatoms. The van der Waals surface area contributed by atoms with Crippen molar-refractivity contribution in [2.45, 2.75) is 45.2 Å². The minimum Gasteiger partial charge on any atom is -0.330 e. The first-order chi connectivity index (χ1) is 8.70. The Morgan fingerprint density at radius 3 is 2.78 bits per heavy atom. The van der Waals surface area contributed by atoms with Crippen LogP contribution in [0.3, 0.4) is 0 Å². The van der Waals surface area contributed by atoms with Gasteiger partial charge < -0.3 is 5.73 Å². The highest BCUT2D eigenvalue weighted by atomic mass is 15.1. The summed E-state index contributed by atoms with van der Waals surface area (Å²) in [4.78, 5) is 6.83. The summed E-state index contributed by atoms with van der Waals surface area (Å²) in [6, 6.07) is 4.91. The van der Waals surface area contributed by atoms with E-state index in [-0.39, 0.29) is 0 Å². The molecular formula is C15H25N3. The molecule has 0 aromatic carbocycles. The van der Waals surface area contributed by atoms with Crippen molar-refractivity contribution >= 4 is 0 Å². The molecular weight excluding hydrogens is 222 g/mol. The molecule has 0 aliphatic heterocycles. The van der Waals surface area contributed by atoms with Crippen LogP contribution in [-0.4, -0.2) is 29.5 Å². The first kappa shape index (κ1) is 13.5. The Balaban J connectivity index is 1.97. The molecule has 1 aromatic heterocycles. The summed E-state index contributed by atoms with van der Waals surface area (Å²) in [7, 11) is 2.22. The van der Waals surface area contributed by atoms with Gasteiger partial charge in [-0.25, -0.2) is 0 Å². The predicted octanol–water partition coefficient (Wildman–Crippen LogP) is 2.34. The van der Waals surface area contributed by atoms with Gasteiger partial charge in [0.15, 0.2) is 0 Å². The van der Waals surface area contributed by atoms with Crippen molar-refractivity contribution in [3.63, 3.8) is 0 Å². The van der Waals surface area contributed by atoms with Crippen LogP contribution in [0.5, 0.6) is 0 Å². The zero-order chi connectivity index (χ0) is 13.0. The summed E-state index contributed by atoms with van der Waals surface area (Å²) in [6.45, 7) is 3.83. The van der Waals surface area contributed by atoms with Crippen LogP contribution in [0.1, 0.15) is 36.9 Å². The van der Waals surface area contributed by atoms with Crippen molar-refractivity contribution in [3.8, 4) is 0 Å². The SMILES string of the molecule is Cc1ccc(CN(C)C2CCCCC2CN)cn1. The van der Waals surface area contributed by atoms with Gasteiger partial charge in [0.25, 0.3) is 0 Å². The lowest BCUT2D eigenvalue weighted by Crippen LogP contribution is -2.42. The van der Waals surface area contributed by atoms with Gasteiger partial charge >= 0.3 is 0 Å². The second-order valence-corrected chi connectivity index (χ2v) is 5.57. The van der Waals surface area contributed by atoms with Crippen LogP contribution in [0.4, 0.5) is 0 Å². The Labute approximate surface area is 110 Å². The third-order valence-electron chi connectivity index (χ3n) is 4.14. The van der Waals surface area contributed by atoms with Gasteiger partial charge in [0.05, 0.1) is 0 Å². The summed E-state index contributed by atoms with van der Waals surface area (Å²) in [5, 5.41) is 0. The van der Waals surface area contributed by atoms with Crippen LogP contribution in [0.25, 0.3) is 0 Å². The van der Waals surface area contributed by atoms with E-state index in [0.29, 0.717) is 12.0 Å². The molecule has 2 atom stereocenters. The molecule has 2 rings (SSSR count). The Morgan fingerprint density at radius 2 is 2.11 bits per heavy atom. The molecule has 0 spiro atoms. The standard InChI is InChI=1S/C15H25N3/c1-12-7-8-13(10-17-12)11-18(2)15-6-4-3-5-14(15)9-16/h7-8,10,14-15H,3-6,9,11,16H2,1-2H3. The van der Waals surface area contributed by atoms with Crippen LogP contribution in [0.15, 0.2) is 18.3 Å². The van der Waals surface area contributed by atoms with Gasteiger partial charge in [-0.15, -0.1) is 0 Å². The first-order valence-corrected chi connectivity index (χ1v) is 7.02. The Kier molecular flexibility index (Phi) is 4.72. The number of aryl methyl sites for hydroxylation is 1. The number of hydrogen-bond acceptors (Lipinski definition) is 3. The molecule has 1 aromatic rings. The van der Waals surface area contributed by atoms with Crippen molar-refractivity contribution in [3.05, 3.63) is 29.6 Å². The molecule has 2 unspecified atom stereocenters. The fraction of sp³-hybridized carbons (Fsp3) is 0.667. The zero-order valence-electron chi connectivity index (χ0n) is 11.6. The van der Waals surface area contributed by atoms with Crippen LogP contribution in [0.2, 0.25) is 0 Å². The average Bonchev–Trinajstić information content (AvgIpc) is 2.41. The lowest BCUT2D eigenvalue weighted by molar-refractivity contribution is 0.127. The Hall–Kier alpha value is -0.930. The van der Waals surface area contributed by atoms with E-state index < -0.39 is 0 Å². The average molecular weight is 247 g/mol. The van der Waals surface area contributed by atoms with E-state index in [2.05, 4.69) is 29.1 Å². The summed E-state index contributed by atoms with van der Waals surface area (Å²) in [5.41, 5.74) is 8.28. The van der Waals surface area contributed by atoms with Crippen molar-refractivity contribution in [2.75, 3.05) is 13.6 Å². The van der Waals surface area contributed by atoms with E-state index in [0.717, 1.165) is 18.8 Å². The normalized spacial score (nSPS) is 24.4. The highest BCUT2D eigenvalue weighted by Crippen LogP contribution is 2.27. The van der Waals surface area contributed by atoms with Crippen molar-refractivity contribution < 1.29 is 0 Å². The lowest BCUT2D eigenvalue weighted by Gasteiger charge is -2.37. The fourth-order valence-corrected chi connectivity index (χ4v) is 3.04. The minimum absolute atomic E-state index is 0.644. The Morgan fingerprint density at radius 1 is 1.33 bits per heavy atom. The molecule has 3 nitrogen and oxygen atoms in total. The molecule has 1 fully saturated rings. The van der Waals surface area contributed by atoms with Crippen molar-refractivity contribution in [2.24, 2.45) is 11.7 Å². The second-order valence-electron chi connectivity index (χ2n) is 5.57. The molecule has 1 heterocycles. The summed E-state index contributed by atoms with van der Waals surface area (Å²) < 4.78 is 0. The van der Waals surface area contributed by atoms with Crippen LogP contribution in [-0.2, 0) is 6.54 Å². The van der Waals surface area contributed by atoms with E-state index in [9.17, 15) is 0 Å². The molecule has 0 saturated heterocycles. The van der Waals surface area contributed by atoms with Crippen molar-refractivity contribution in [1.82, 2.24) is 9.88 Å². The van der Waals surface area contributed by atoms with Gasteiger partial charge in [-0.05, 0) is 50.9 Å². The van der Waals surface area contributed by atoms with E-state index in [1.807, 2.05) is 13.1 Å². The molecule has 1 saturated carbocycles. The summed E-state index contributed by atoms with van der Waals surface area (Å²) in [5.74, 6) is 0.669. The molecule has 18 heavy (non-hydrogen) atoms. The monoisotopic (exact) mass is 247 g/mol. The maximum absolute atomic E-state index is 5.91. The predicted molar refractivity (Wildman–Crippen MR) is 75.2 cm³/mol. The third-order valence-corrected chi connectivity index (χ3v) is 4.14. The minimum atomic E-state index is 0.644. The first-order valence-electron chi connectivity index (χ1n) is 7.02. The zero-order valence-corrected chi connectivity index (χ0v) is 11.6. The van der Waals surface area contributed by atoms with E-state index >= 15 is 0 Å². The lowest BCUT2D eigenvalue weighted by atomic mass is 9.83. The molecule has 1 aliphatic carbocycles. The largest absolute Gasteiger partial charge is 0.330 e. The Bertz CT molecular complexity index is 361. The van der Waals surface area contributed by atoms with E-state index in [1.165, 1.54) is 31.2 Å². The maximum Gasteiger partial charge on any atom is 0.0372 e. The third kappa shape index (κ3) is 3.30. The fourth-order valence-electron chi connectivity index (χ4n) is 3.04. The molecule has 0 bridgehead atoms. The van der Waals surface area contributed by atoms with Gasteiger partial charge in [0, 0.05) is 24.5 Å². The molecule has 0 amide bonds. The van der Waals surface area contributed by atoms with E-state index in [1.54, 1.807) is 0 Å². The molecule has 0 radical (unpaired) electrons. The quantitative estimate of drug-likeness (QED) is 0.888. The highest BCUT2D eigenvalue weighted by Gasteiger charge is 2.27. The number of nitrogens with zero attached hydrogens (tertiary/aromatic N) is 2.